The molecule has 1 saturated heterocycles. The summed E-state index contributed by atoms with van der Waals surface area (Å²) in [4.78, 5) is 10.9. The number of anilines is 1. The minimum atomic E-state index is -0.389. The van der Waals surface area contributed by atoms with Crippen LogP contribution in [0.4, 0.5) is 5.69 Å². The number of nitrogens with two attached hydrogens (primary N) is 1. The predicted octanol–water partition coefficient (Wildman–Crippen LogP) is 1.77. The van der Waals surface area contributed by atoms with Crippen molar-refractivity contribution >= 4 is 11.6 Å². The van der Waals surface area contributed by atoms with E-state index in [1.807, 2.05) is 12.1 Å². The zero-order chi connectivity index (χ0) is 12.1. The number of ether oxygens (including phenoxy) is 1. The Morgan fingerprint density at radius 2 is 2.00 bits per heavy atom. The van der Waals surface area contributed by atoms with Gasteiger partial charge in [0.25, 0.3) is 0 Å². The van der Waals surface area contributed by atoms with Crippen LogP contribution in [0.5, 0.6) is 0 Å². The molecule has 0 radical (unpaired) electrons. The standard InChI is InChI=1S/C13H18N2O2/c14-13(16)10-3-5-12(6-4-10)15-11-2-1-8-17-9-7-11/h3-6,11,15H,1-2,7-9H2,(H2,14,16). The molecule has 1 unspecified atom stereocenters. The number of rotatable bonds is 3. The van der Waals surface area contributed by atoms with Crippen LogP contribution in [0, 0.1) is 0 Å². The Kier molecular flexibility index (Phi) is 3.98. The molecule has 4 nitrogen and oxygen atoms in total. The average molecular weight is 234 g/mol. The zero-order valence-corrected chi connectivity index (χ0v) is 9.82. The molecule has 2 rings (SSSR count). The van der Waals surface area contributed by atoms with Gasteiger partial charge in [0.05, 0.1) is 0 Å². The topological polar surface area (TPSA) is 64.4 Å². The molecule has 17 heavy (non-hydrogen) atoms. The molecule has 4 heteroatoms. The van der Waals surface area contributed by atoms with Gasteiger partial charge in [-0.15, -0.1) is 0 Å². The van der Waals surface area contributed by atoms with Gasteiger partial charge in [-0.1, -0.05) is 0 Å². The molecule has 0 aliphatic carbocycles. The molecule has 1 aromatic carbocycles. The van der Waals surface area contributed by atoms with Crippen molar-refractivity contribution in [3.63, 3.8) is 0 Å². The maximum atomic E-state index is 10.9. The largest absolute Gasteiger partial charge is 0.382 e. The zero-order valence-electron chi connectivity index (χ0n) is 9.82. The van der Waals surface area contributed by atoms with Crippen LogP contribution >= 0.6 is 0 Å². The van der Waals surface area contributed by atoms with E-state index in [1.54, 1.807) is 12.1 Å². The van der Waals surface area contributed by atoms with Crippen molar-refractivity contribution in [2.75, 3.05) is 18.5 Å². The summed E-state index contributed by atoms with van der Waals surface area (Å²) in [7, 11) is 0. The predicted molar refractivity (Wildman–Crippen MR) is 67.0 cm³/mol. The first kappa shape index (κ1) is 11.9. The molecule has 0 bridgehead atoms. The second kappa shape index (κ2) is 5.68. The monoisotopic (exact) mass is 234 g/mol. The molecule has 1 heterocycles. The Balaban J connectivity index is 1.95. The highest BCUT2D eigenvalue weighted by molar-refractivity contribution is 5.93. The number of primary amides is 1. The molecular formula is C13H18N2O2. The Morgan fingerprint density at radius 3 is 2.71 bits per heavy atom. The van der Waals surface area contributed by atoms with Crippen LogP contribution in [0.25, 0.3) is 0 Å². The average Bonchev–Trinajstić information content (AvgIpc) is 2.58. The van der Waals surface area contributed by atoms with Crippen LogP contribution in [0.2, 0.25) is 0 Å². The smallest absolute Gasteiger partial charge is 0.248 e. The van der Waals surface area contributed by atoms with Crippen molar-refractivity contribution in [2.24, 2.45) is 5.73 Å². The van der Waals surface area contributed by atoms with Crippen molar-refractivity contribution in [3.05, 3.63) is 29.8 Å². The van der Waals surface area contributed by atoms with Gasteiger partial charge in [-0.2, -0.15) is 0 Å². The first-order valence-electron chi connectivity index (χ1n) is 6.00. The van der Waals surface area contributed by atoms with Gasteiger partial charge in [0.1, 0.15) is 0 Å². The molecule has 0 spiro atoms. The van der Waals surface area contributed by atoms with Gasteiger partial charge in [0.2, 0.25) is 5.91 Å². The van der Waals surface area contributed by atoms with Gasteiger partial charge in [0.15, 0.2) is 0 Å². The Hall–Kier alpha value is -1.55. The molecule has 1 aliphatic rings. The normalized spacial score (nSPS) is 20.6. The third-order valence-electron chi connectivity index (χ3n) is 2.99. The summed E-state index contributed by atoms with van der Waals surface area (Å²) < 4.78 is 5.41. The molecule has 0 saturated carbocycles. The van der Waals surface area contributed by atoms with Crippen molar-refractivity contribution in [3.8, 4) is 0 Å². The molecule has 1 aliphatic heterocycles. The third-order valence-corrected chi connectivity index (χ3v) is 2.99. The van der Waals surface area contributed by atoms with Crippen LogP contribution in [0.1, 0.15) is 29.6 Å². The highest BCUT2D eigenvalue weighted by atomic mass is 16.5. The molecule has 1 aromatic rings. The maximum absolute atomic E-state index is 10.9. The van der Waals surface area contributed by atoms with E-state index in [0.717, 1.165) is 38.2 Å². The fraction of sp³-hybridized carbons (Fsp3) is 0.462. The minimum Gasteiger partial charge on any atom is -0.382 e. The van der Waals surface area contributed by atoms with Crippen molar-refractivity contribution in [2.45, 2.75) is 25.3 Å². The number of nitrogens with one attached hydrogen (secondary N) is 1. The van der Waals surface area contributed by atoms with Gasteiger partial charge in [-0.05, 0) is 43.5 Å². The SMILES string of the molecule is NC(=O)c1ccc(NC2CCCOCC2)cc1. The number of carbonyl (C=O) groups excluding carboxylic acids is 1. The summed E-state index contributed by atoms with van der Waals surface area (Å²) in [6.45, 7) is 1.68. The molecule has 1 fully saturated rings. The Morgan fingerprint density at radius 1 is 1.24 bits per heavy atom. The van der Waals surface area contributed by atoms with E-state index in [2.05, 4.69) is 5.32 Å². The van der Waals surface area contributed by atoms with Crippen molar-refractivity contribution in [1.29, 1.82) is 0 Å². The van der Waals surface area contributed by atoms with Gasteiger partial charge in [0, 0.05) is 30.5 Å². The number of benzene rings is 1. The maximum Gasteiger partial charge on any atom is 0.248 e. The molecule has 3 N–H and O–H groups in total. The van der Waals surface area contributed by atoms with E-state index in [0.29, 0.717) is 11.6 Å². The van der Waals surface area contributed by atoms with Gasteiger partial charge >= 0.3 is 0 Å². The molecule has 0 aromatic heterocycles. The fourth-order valence-corrected chi connectivity index (χ4v) is 2.01. The summed E-state index contributed by atoms with van der Waals surface area (Å²) in [5, 5.41) is 3.45. The third kappa shape index (κ3) is 3.46. The lowest BCUT2D eigenvalue weighted by Crippen LogP contribution is -2.19. The lowest BCUT2D eigenvalue weighted by atomic mass is 10.1. The molecular weight excluding hydrogens is 216 g/mol. The van der Waals surface area contributed by atoms with Gasteiger partial charge in [-0.25, -0.2) is 0 Å². The Bertz CT molecular complexity index is 368. The highest BCUT2D eigenvalue weighted by Gasteiger charge is 2.12. The van der Waals surface area contributed by atoms with E-state index in [9.17, 15) is 4.79 Å². The lowest BCUT2D eigenvalue weighted by Gasteiger charge is -2.17. The first-order chi connectivity index (χ1) is 8.25. The van der Waals surface area contributed by atoms with Gasteiger partial charge in [-0.3, -0.25) is 4.79 Å². The van der Waals surface area contributed by atoms with Crippen LogP contribution in [0.3, 0.4) is 0 Å². The minimum absolute atomic E-state index is 0.389. The van der Waals surface area contributed by atoms with E-state index in [1.165, 1.54) is 0 Å². The van der Waals surface area contributed by atoms with E-state index in [-0.39, 0.29) is 5.91 Å². The van der Waals surface area contributed by atoms with Crippen LogP contribution in [0.15, 0.2) is 24.3 Å². The van der Waals surface area contributed by atoms with E-state index in [4.69, 9.17) is 10.5 Å². The number of hydrogen-bond acceptors (Lipinski definition) is 3. The first-order valence-corrected chi connectivity index (χ1v) is 6.00. The summed E-state index contributed by atoms with van der Waals surface area (Å²) in [5.41, 5.74) is 6.76. The Labute approximate surface area is 101 Å². The summed E-state index contributed by atoms with van der Waals surface area (Å²) in [6, 6.07) is 7.74. The molecule has 92 valence electrons. The van der Waals surface area contributed by atoms with Crippen LogP contribution < -0.4 is 11.1 Å². The second-order valence-corrected chi connectivity index (χ2v) is 4.33. The number of carbonyl (C=O) groups is 1. The number of amides is 1. The molecule has 1 amide bonds. The fourth-order valence-electron chi connectivity index (χ4n) is 2.01. The quantitative estimate of drug-likeness (QED) is 0.837. The summed E-state index contributed by atoms with van der Waals surface area (Å²) in [5.74, 6) is -0.389. The van der Waals surface area contributed by atoms with E-state index >= 15 is 0 Å². The van der Waals surface area contributed by atoms with Crippen LogP contribution in [-0.2, 0) is 4.74 Å². The van der Waals surface area contributed by atoms with Crippen molar-refractivity contribution in [1.82, 2.24) is 0 Å². The van der Waals surface area contributed by atoms with Crippen LogP contribution in [-0.4, -0.2) is 25.2 Å². The summed E-state index contributed by atoms with van der Waals surface area (Å²) >= 11 is 0. The summed E-state index contributed by atoms with van der Waals surface area (Å²) in [6.07, 6.45) is 3.24. The lowest BCUT2D eigenvalue weighted by molar-refractivity contribution is 0.100. The molecule has 1 atom stereocenters. The second-order valence-electron chi connectivity index (χ2n) is 4.33. The highest BCUT2D eigenvalue weighted by Crippen LogP contribution is 2.16. The van der Waals surface area contributed by atoms with Crippen molar-refractivity contribution < 1.29 is 9.53 Å². The van der Waals surface area contributed by atoms with E-state index < -0.39 is 0 Å². The number of hydrogen-bond donors (Lipinski definition) is 2. The van der Waals surface area contributed by atoms with Gasteiger partial charge < -0.3 is 15.8 Å².